The van der Waals surface area contributed by atoms with Gasteiger partial charge in [0.05, 0.1) is 0 Å². The summed E-state index contributed by atoms with van der Waals surface area (Å²) in [6.45, 7) is 6.99. The topological polar surface area (TPSA) is 108 Å². The van der Waals surface area contributed by atoms with Gasteiger partial charge in [-0.25, -0.2) is 14.4 Å². The van der Waals surface area contributed by atoms with Crippen LogP contribution in [0.4, 0.5) is 0 Å². The van der Waals surface area contributed by atoms with Crippen LogP contribution in [-0.2, 0) is 36.7 Å². The Bertz CT molecular complexity index is 1760. The van der Waals surface area contributed by atoms with Crippen LogP contribution in [0.2, 0.25) is 0 Å². The minimum absolute atomic E-state index is 0.00329. The summed E-state index contributed by atoms with van der Waals surface area (Å²) in [6.07, 6.45) is 2.78. The molecule has 1 aliphatic carbocycles. The van der Waals surface area contributed by atoms with Gasteiger partial charge in [0.25, 0.3) is 0 Å². The van der Waals surface area contributed by atoms with Crippen molar-refractivity contribution >= 4 is 28.7 Å². The monoisotopic (exact) mass is 604 g/mol. The standard InChI is InChI=1S/C37H32O8/c1-3-33(38)44-31(24-13-7-5-8-14-24)22-42-35-27-17-11-12-18-28(27)36(30-21-26(37(40)41)19-20-29(30)35)43-23-32(45-34(39)4-2)25-15-9-6-10-16-25/h3-19,31-32H,1-2,20-23H2,(H,40,41). The normalized spacial score (nSPS) is 13.4. The van der Waals surface area contributed by atoms with E-state index in [1.807, 2.05) is 84.9 Å². The molecule has 0 saturated heterocycles. The van der Waals surface area contributed by atoms with Crippen LogP contribution >= 0.6 is 0 Å². The number of carboxylic acid groups (broad SMARTS) is 1. The number of carbonyl (C=O) groups excluding carboxylic acids is 2. The van der Waals surface area contributed by atoms with Crippen molar-refractivity contribution in [3.8, 4) is 11.5 Å². The third kappa shape index (κ3) is 7.13. The predicted octanol–water partition coefficient (Wildman–Crippen LogP) is 6.65. The molecule has 1 aliphatic rings. The lowest BCUT2D eigenvalue weighted by Crippen LogP contribution is -2.20. The number of rotatable bonds is 13. The van der Waals surface area contributed by atoms with Gasteiger partial charge in [-0.3, -0.25) is 0 Å². The second kappa shape index (κ2) is 14.2. The maximum atomic E-state index is 12.2. The molecule has 0 heterocycles. The average molecular weight is 605 g/mol. The van der Waals surface area contributed by atoms with Crippen LogP contribution in [-0.4, -0.2) is 36.2 Å². The first kappa shape index (κ1) is 30.8. The van der Waals surface area contributed by atoms with Gasteiger partial charge in [-0.15, -0.1) is 0 Å². The third-order valence-corrected chi connectivity index (χ3v) is 7.47. The number of carbonyl (C=O) groups is 3. The van der Waals surface area contributed by atoms with Crippen molar-refractivity contribution in [1.82, 2.24) is 0 Å². The van der Waals surface area contributed by atoms with E-state index in [-0.39, 0.29) is 31.6 Å². The fourth-order valence-electron chi connectivity index (χ4n) is 5.29. The lowest BCUT2D eigenvalue weighted by atomic mass is 9.87. The maximum absolute atomic E-state index is 12.2. The number of fused-ring (bicyclic) bond motifs is 2. The maximum Gasteiger partial charge on any atom is 0.331 e. The molecule has 0 bridgehead atoms. The molecule has 4 aromatic rings. The van der Waals surface area contributed by atoms with Gasteiger partial charge >= 0.3 is 17.9 Å². The summed E-state index contributed by atoms with van der Waals surface area (Å²) in [5, 5.41) is 11.3. The van der Waals surface area contributed by atoms with E-state index in [9.17, 15) is 19.5 Å². The summed E-state index contributed by atoms with van der Waals surface area (Å²) in [7, 11) is 0. The Balaban J connectivity index is 1.56. The van der Waals surface area contributed by atoms with Crippen LogP contribution in [0.15, 0.2) is 122 Å². The lowest BCUT2D eigenvalue weighted by Gasteiger charge is -2.27. The summed E-state index contributed by atoms with van der Waals surface area (Å²) in [4.78, 5) is 36.5. The first-order valence-corrected chi connectivity index (χ1v) is 14.4. The van der Waals surface area contributed by atoms with Crippen molar-refractivity contribution in [1.29, 1.82) is 0 Å². The Morgan fingerprint density at radius 3 is 1.58 bits per heavy atom. The number of hydrogen-bond acceptors (Lipinski definition) is 7. The Kier molecular flexibility index (Phi) is 9.74. The Labute approximate surface area is 260 Å². The highest BCUT2D eigenvalue weighted by molar-refractivity contribution is 5.98. The van der Waals surface area contributed by atoms with Gasteiger partial charge in [-0.1, -0.05) is 104 Å². The molecule has 0 amide bonds. The highest BCUT2D eigenvalue weighted by atomic mass is 16.6. The molecule has 0 saturated carbocycles. The van der Waals surface area contributed by atoms with E-state index >= 15 is 0 Å². The Hall–Kier alpha value is -5.63. The van der Waals surface area contributed by atoms with Gasteiger partial charge in [0.15, 0.2) is 12.2 Å². The number of aliphatic carboxylic acids is 1. The van der Waals surface area contributed by atoms with Crippen LogP contribution < -0.4 is 9.47 Å². The van der Waals surface area contributed by atoms with Gasteiger partial charge in [0.2, 0.25) is 0 Å². The largest absolute Gasteiger partial charge is 0.488 e. The van der Waals surface area contributed by atoms with Crippen LogP contribution in [0.1, 0.15) is 34.5 Å². The highest BCUT2D eigenvalue weighted by Gasteiger charge is 2.28. The molecule has 5 rings (SSSR count). The molecule has 2 atom stereocenters. The van der Waals surface area contributed by atoms with Crippen LogP contribution in [0.5, 0.6) is 11.5 Å². The van der Waals surface area contributed by atoms with Gasteiger partial charge in [0, 0.05) is 46.0 Å². The predicted molar refractivity (Wildman–Crippen MR) is 169 cm³/mol. The fourth-order valence-corrected chi connectivity index (χ4v) is 5.29. The molecule has 45 heavy (non-hydrogen) atoms. The van der Waals surface area contributed by atoms with E-state index in [1.54, 1.807) is 6.08 Å². The molecule has 8 heteroatoms. The molecule has 0 spiro atoms. The van der Waals surface area contributed by atoms with Crippen LogP contribution in [0, 0.1) is 0 Å². The van der Waals surface area contributed by atoms with Crippen LogP contribution in [0.3, 0.4) is 0 Å². The van der Waals surface area contributed by atoms with Crippen molar-refractivity contribution in [3.05, 3.63) is 144 Å². The summed E-state index contributed by atoms with van der Waals surface area (Å²) in [5.41, 5.74) is 3.13. The Morgan fingerprint density at radius 2 is 1.13 bits per heavy atom. The zero-order valence-electron chi connectivity index (χ0n) is 24.5. The summed E-state index contributed by atoms with van der Waals surface area (Å²) < 4.78 is 24.2. The number of hydrogen-bond donors (Lipinski definition) is 1. The summed E-state index contributed by atoms with van der Waals surface area (Å²) in [5.74, 6) is -1.17. The zero-order valence-corrected chi connectivity index (χ0v) is 24.5. The summed E-state index contributed by atoms with van der Waals surface area (Å²) >= 11 is 0. The van der Waals surface area contributed by atoms with E-state index < -0.39 is 30.1 Å². The summed E-state index contributed by atoms with van der Waals surface area (Å²) in [6, 6.07) is 26.0. The molecule has 228 valence electrons. The van der Waals surface area contributed by atoms with E-state index in [1.165, 1.54) is 0 Å². The molecule has 0 aliphatic heterocycles. The number of allylic oxidation sites excluding steroid dienone is 1. The molecular formula is C37H32O8. The number of benzene rings is 4. The molecule has 0 fully saturated rings. The Morgan fingerprint density at radius 1 is 0.689 bits per heavy atom. The smallest absolute Gasteiger partial charge is 0.331 e. The first-order valence-electron chi connectivity index (χ1n) is 14.4. The van der Waals surface area contributed by atoms with E-state index in [0.717, 1.165) is 34.2 Å². The van der Waals surface area contributed by atoms with Gasteiger partial charge in [-0.05, 0) is 17.5 Å². The van der Waals surface area contributed by atoms with E-state index in [4.69, 9.17) is 18.9 Å². The van der Waals surface area contributed by atoms with Crippen LogP contribution in [0.25, 0.3) is 10.8 Å². The second-order valence-electron chi connectivity index (χ2n) is 10.3. The lowest BCUT2D eigenvalue weighted by molar-refractivity contribution is -0.145. The number of carboxylic acids is 1. The highest BCUT2D eigenvalue weighted by Crippen LogP contribution is 2.45. The van der Waals surface area contributed by atoms with Crippen molar-refractivity contribution in [2.45, 2.75) is 25.0 Å². The van der Waals surface area contributed by atoms with Crippen molar-refractivity contribution in [2.75, 3.05) is 13.2 Å². The minimum Gasteiger partial charge on any atom is -0.488 e. The van der Waals surface area contributed by atoms with Gasteiger partial charge in [-0.2, -0.15) is 0 Å². The molecular weight excluding hydrogens is 572 g/mol. The minimum atomic E-state index is -1.02. The van der Waals surface area contributed by atoms with Gasteiger partial charge < -0.3 is 24.1 Å². The number of ether oxygens (including phenoxy) is 4. The number of esters is 2. The van der Waals surface area contributed by atoms with Gasteiger partial charge in [0.1, 0.15) is 24.7 Å². The molecule has 1 N–H and O–H groups in total. The van der Waals surface area contributed by atoms with Crippen molar-refractivity contribution in [2.24, 2.45) is 0 Å². The molecule has 4 aromatic carbocycles. The molecule has 0 radical (unpaired) electrons. The molecule has 2 unspecified atom stereocenters. The second-order valence-corrected chi connectivity index (χ2v) is 10.3. The average Bonchev–Trinajstić information content (AvgIpc) is 3.08. The SMILES string of the molecule is C=CC(=O)OC(COc1c2c(c(OCC(OC(=O)C=C)c3ccccc3)c3ccccc13)CC(C(=O)O)=CC2)c1ccccc1. The molecule has 0 aromatic heterocycles. The third-order valence-electron chi connectivity index (χ3n) is 7.47. The fraction of sp³-hybridized carbons (Fsp3) is 0.162. The van der Waals surface area contributed by atoms with E-state index in [0.29, 0.717) is 22.4 Å². The van der Waals surface area contributed by atoms with E-state index in [2.05, 4.69) is 13.2 Å². The molecule has 8 nitrogen and oxygen atoms in total. The first-order chi connectivity index (χ1) is 21.9. The quantitative estimate of drug-likeness (QED) is 0.134. The zero-order chi connectivity index (χ0) is 31.8. The van der Waals surface area contributed by atoms with Crippen molar-refractivity contribution < 1.29 is 38.4 Å². The van der Waals surface area contributed by atoms with Crippen molar-refractivity contribution in [3.63, 3.8) is 0 Å².